The first-order valence-electron chi connectivity index (χ1n) is 7.05. The SMILES string of the molecule is CCC(C)(C)NC(=O)CC1CC2CCC(C1)N2.Cl. The summed E-state index contributed by atoms with van der Waals surface area (Å²) >= 11 is 0. The monoisotopic (exact) mass is 274 g/mol. The molecular formula is C14H27ClN2O. The molecule has 106 valence electrons. The van der Waals surface area contributed by atoms with E-state index in [-0.39, 0.29) is 23.9 Å². The lowest BCUT2D eigenvalue weighted by atomic mass is 9.89. The molecule has 2 N–H and O–H groups in total. The van der Waals surface area contributed by atoms with E-state index in [2.05, 4.69) is 31.4 Å². The highest BCUT2D eigenvalue weighted by Crippen LogP contribution is 2.32. The van der Waals surface area contributed by atoms with E-state index in [1.54, 1.807) is 0 Å². The Kier molecular flexibility index (Phi) is 5.47. The fourth-order valence-electron chi connectivity index (χ4n) is 3.12. The van der Waals surface area contributed by atoms with E-state index < -0.39 is 0 Å². The van der Waals surface area contributed by atoms with Crippen molar-refractivity contribution in [2.75, 3.05) is 0 Å². The van der Waals surface area contributed by atoms with Crippen molar-refractivity contribution in [1.29, 1.82) is 0 Å². The summed E-state index contributed by atoms with van der Waals surface area (Å²) in [4.78, 5) is 12.0. The van der Waals surface area contributed by atoms with E-state index in [4.69, 9.17) is 0 Å². The molecule has 0 saturated carbocycles. The van der Waals surface area contributed by atoms with Crippen LogP contribution in [0.4, 0.5) is 0 Å². The molecule has 18 heavy (non-hydrogen) atoms. The number of hydrogen-bond donors (Lipinski definition) is 2. The van der Waals surface area contributed by atoms with Gasteiger partial charge in [0.25, 0.3) is 0 Å². The topological polar surface area (TPSA) is 41.1 Å². The van der Waals surface area contributed by atoms with E-state index in [0.717, 1.165) is 12.8 Å². The molecule has 1 amide bonds. The highest BCUT2D eigenvalue weighted by atomic mass is 35.5. The Bertz CT molecular complexity index is 282. The Balaban J connectivity index is 0.00000162. The highest BCUT2D eigenvalue weighted by molar-refractivity contribution is 5.85. The molecule has 0 aliphatic carbocycles. The van der Waals surface area contributed by atoms with Gasteiger partial charge in [-0.2, -0.15) is 0 Å². The van der Waals surface area contributed by atoms with Crippen LogP contribution in [0.1, 0.15) is 59.3 Å². The van der Waals surface area contributed by atoms with Gasteiger partial charge in [0.15, 0.2) is 0 Å². The lowest BCUT2D eigenvalue weighted by molar-refractivity contribution is -0.123. The van der Waals surface area contributed by atoms with Gasteiger partial charge < -0.3 is 10.6 Å². The maximum Gasteiger partial charge on any atom is 0.220 e. The largest absolute Gasteiger partial charge is 0.351 e. The van der Waals surface area contributed by atoms with Crippen LogP contribution in [0.2, 0.25) is 0 Å². The van der Waals surface area contributed by atoms with Crippen molar-refractivity contribution in [2.24, 2.45) is 5.92 Å². The molecule has 0 aromatic rings. The van der Waals surface area contributed by atoms with Gasteiger partial charge >= 0.3 is 0 Å². The lowest BCUT2D eigenvalue weighted by Gasteiger charge is -2.30. The van der Waals surface area contributed by atoms with E-state index >= 15 is 0 Å². The van der Waals surface area contributed by atoms with Crippen LogP contribution in [-0.4, -0.2) is 23.5 Å². The summed E-state index contributed by atoms with van der Waals surface area (Å²) in [7, 11) is 0. The van der Waals surface area contributed by atoms with Gasteiger partial charge in [0.05, 0.1) is 0 Å². The van der Waals surface area contributed by atoms with Crippen molar-refractivity contribution in [3.8, 4) is 0 Å². The van der Waals surface area contributed by atoms with E-state index in [1.807, 2.05) is 0 Å². The number of rotatable bonds is 4. The summed E-state index contributed by atoms with van der Waals surface area (Å²) in [6.45, 7) is 6.30. The molecule has 2 unspecified atom stereocenters. The van der Waals surface area contributed by atoms with Crippen LogP contribution in [0, 0.1) is 5.92 Å². The van der Waals surface area contributed by atoms with Crippen LogP contribution in [-0.2, 0) is 4.79 Å². The number of carbonyl (C=O) groups is 1. The summed E-state index contributed by atoms with van der Waals surface area (Å²) in [6.07, 6.45) is 6.70. The zero-order valence-electron chi connectivity index (χ0n) is 11.8. The zero-order chi connectivity index (χ0) is 12.5. The number of piperidine rings is 1. The first-order chi connectivity index (χ1) is 7.98. The van der Waals surface area contributed by atoms with Gasteiger partial charge in [-0.15, -0.1) is 12.4 Å². The van der Waals surface area contributed by atoms with Crippen molar-refractivity contribution in [3.63, 3.8) is 0 Å². The number of carbonyl (C=O) groups excluding carboxylic acids is 1. The molecule has 0 aromatic carbocycles. The van der Waals surface area contributed by atoms with Crippen LogP contribution >= 0.6 is 12.4 Å². The molecule has 4 heteroatoms. The summed E-state index contributed by atoms with van der Waals surface area (Å²) in [5, 5.41) is 6.77. The van der Waals surface area contributed by atoms with Crippen molar-refractivity contribution in [3.05, 3.63) is 0 Å². The summed E-state index contributed by atoms with van der Waals surface area (Å²) in [6, 6.07) is 1.37. The van der Waals surface area contributed by atoms with Crippen LogP contribution < -0.4 is 10.6 Å². The average Bonchev–Trinajstić information content (AvgIpc) is 2.57. The Morgan fingerprint density at radius 2 is 1.83 bits per heavy atom. The van der Waals surface area contributed by atoms with Crippen molar-refractivity contribution >= 4 is 18.3 Å². The first kappa shape index (κ1) is 15.8. The smallest absolute Gasteiger partial charge is 0.220 e. The fourth-order valence-corrected chi connectivity index (χ4v) is 3.12. The first-order valence-corrected chi connectivity index (χ1v) is 7.05. The van der Waals surface area contributed by atoms with Crippen LogP contribution in [0.15, 0.2) is 0 Å². The second-order valence-electron chi connectivity index (χ2n) is 6.47. The Labute approximate surface area is 117 Å². The molecule has 0 spiro atoms. The molecule has 2 bridgehead atoms. The molecule has 0 aromatic heterocycles. The third-order valence-corrected chi connectivity index (χ3v) is 4.41. The molecule has 3 nitrogen and oxygen atoms in total. The Hall–Kier alpha value is -0.280. The molecule has 2 aliphatic rings. The summed E-state index contributed by atoms with van der Waals surface area (Å²) < 4.78 is 0. The molecule has 2 aliphatic heterocycles. The van der Waals surface area contributed by atoms with Gasteiger partial charge in [0.1, 0.15) is 0 Å². The zero-order valence-corrected chi connectivity index (χ0v) is 12.6. The van der Waals surface area contributed by atoms with Gasteiger partial charge in [-0.25, -0.2) is 0 Å². The molecule has 2 heterocycles. The minimum Gasteiger partial charge on any atom is -0.351 e. The van der Waals surface area contributed by atoms with Gasteiger partial charge in [-0.3, -0.25) is 4.79 Å². The number of amides is 1. The normalized spacial score (nSPS) is 30.7. The number of nitrogens with one attached hydrogen (secondary N) is 2. The second-order valence-corrected chi connectivity index (χ2v) is 6.47. The van der Waals surface area contributed by atoms with Gasteiger partial charge in [-0.05, 0) is 51.9 Å². The third-order valence-electron chi connectivity index (χ3n) is 4.41. The molecule has 2 rings (SSSR count). The Morgan fingerprint density at radius 1 is 1.28 bits per heavy atom. The lowest BCUT2D eigenvalue weighted by Crippen LogP contribution is -2.45. The van der Waals surface area contributed by atoms with Crippen molar-refractivity contribution in [1.82, 2.24) is 10.6 Å². The molecule has 2 saturated heterocycles. The maximum atomic E-state index is 12.0. The Morgan fingerprint density at radius 3 is 2.33 bits per heavy atom. The van der Waals surface area contributed by atoms with Crippen LogP contribution in [0.25, 0.3) is 0 Å². The number of fused-ring (bicyclic) bond motifs is 2. The predicted molar refractivity (Wildman–Crippen MR) is 77.0 cm³/mol. The third kappa shape index (κ3) is 4.13. The van der Waals surface area contributed by atoms with Crippen molar-refractivity contribution in [2.45, 2.75) is 76.9 Å². The fraction of sp³-hybridized carbons (Fsp3) is 0.929. The van der Waals surface area contributed by atoms with Crippen LogP contribution in [0.5, 0.6) is 0 Å². The predicted octanol–water partition coefficient (Wildman–Crippen LogP) is 2.63. The average molecular weight is 275 g/mol. The standard InChI is InChI=1S/C14H26N2O.ClH/c1-4-14(2,3)16-13(17)9-10-7-11-5-6-12(8-10)15-11;/h10-12,15H,4-9H2,1-3H3,(H,16,17);1H. The van der Waals surface area contributed by atoms with Gasteiger partial charge in [0, 0.05) is 24.0 Å². The molecule has 2 atom stereocenters. The van der Waals surface area contributed by atoms with E-state index in [9.17, 15) is 4.79 Å². The van der Waals surface area contributed by atoms with Gasteiger partial charge in [-0.1, -0.05) is 6.92 Å². The minimum absolute atomic E-state index is 0. The minimum atomic E-state index is -0.0526. The maximum absolute atomic E-state index is 12.0. The molecule has 2 fully saturated rings. The summed E-state index contributed by atoms with van der Waals surface area (Å²) in [5.74, 6) is 0.838. The number of hydrogen-bond acceptors (Lipinski definition) is 2. The van der Waals surface area contributed by atoms with Crippen molar-refractivity contribution < 1.29 is 4.79 Å². The summed E-state index contributed by atoms with van der Waals surface area (Å²) in [5.41, 5.74) is -0.0526. The second kappa shape index (κ2) is 6.25. The highest BCUT2D eigenvalue weighted by Gasteiger charge is 2.34. The van der Waals surface area contributed by atoms with Crippen LogP contribution in [0.3, 0.4) is 0 Å². The molecular weight excluding hydrogens is 248 g/mol. The van der Waals surface area contributed by atoms with E-state index in [0.29, 0.717) is 18.0 Å². The quantitative estimate of drug-likeness (QED) is 0.828. The number of halogens is 1. The van der Waals surface area contributed by atoms with E-state index in [1.165, 1.54) is 25.7 Å². The molecule has 0 radical (unpaired) electrons. The van der Waals surface area contributed by atoms with Gasteiger partial charge in [0.2, 0.25) is 5.91 Å².